The Morgan fingerprint density at radius 3 is 2.53 bits per heavy atom. The van der Waals surface area contributed by atoms with Crippen LogP contribution >= 0.6 is 0 Å². The molecule has 2 N–H and O–H groups in total. The molecule has 0 saturated carbocycles. The summed E-state index contributed by atoms with van der Waals surface area (Å²) in [6.07, 6.45) is 0. The van der Waals surface area contributed by atoms with Crippen molar-refractivity contribution in [2.75, 3.05) is 13.2 Å². The third-order valence-corrected chi connectivity index (χ3v) is 6.30. The Labute approximate surface area is 223 Å². The second-order valence-electron chi connectivity index (χ2n) is 8.95. The van der Waals surface area contributed by atoms with Gasteiger partial charge in [0.25, 0.3) is 0 Å². The van der Waals surface area contributed by atoms with Gasteiger partial charge in [0, 0.05) is 24.7 Å². The first-order valence-electron chi connectivity index (χ1n) is 12.4. The molecule has 4 aromatic rings. The predicted octanol–water partition coefficient (Wildman–Crippen LogP) is 5.72. The molecule has 0 heterocycles. The van der Waals surface area contributed by atoms with Gasteiger partial charge in [0.15, 0.2) is 0 Å². The van der Waals surface area contributed by atoms with E-state index in [9.17, 15) is 15.2 Å². The van der Waals surface area contributed by atoms with Crippen LogP contribution in [0.3, 0.4) is 0 Å². The molecule has 0 spiro atoms. The summed E-state index contributed by atoms with van der Waals surface area (Å²) >= 11 is 0. The number of nitrogens with zero attached hydrogens (tertiary/aromatic N) is 1. The number of benzene rings is 4. The number of aliphatic hydroxyl groups excluding tert-OH is 1. The van der Waals surface area contributed by atoms with E-state index < -0.39 is 5.97 Å². The molecule has 6 nitrogen and oxygen atoms in total. The first-order valence-corrected chi connectivity index (χ1v) is 12.4. The van der Waals surface area contributed by atoms with Crippen molar-refractivity contribution in [3.8, 4) is 28.7 Å². The normalized spacial score (nSPS) is 10.6. The molecule has 4 aromatic carbocycles. The zero-order valence-electron chi connectivity index (χ0n) is 21.5. The van der Waals surface area contributed by atoms with Crippen molar-refractivity contribution in [2.24, 2.45) is 0 Å². The van der Waals surface area contributed by atoms with Crippen LogP contribution < -0.4 is 14.8 Å². The zero-order valence-corrected chi connectivity index (χ0v) is 21.5. The minimum atomic E-state index is -0.446. The number of hydrogen-bond acceptors (Lipinski definition) is 6. The largest absolute Gasteiger partial charge is 0.488 e. The van der Waals surface area contributed by atoms with Crippen LogP contribution in [0.25, 0.3) is 11.1 Å². The topological polar surface area (TPSA) is 91.6 Å². The molecule has 6 heteroatoms. The van der Waals surface area contributed by atoms with E-state index in [1.807, 2.05) is 74.5 Å². The highest BCUT2D eigenvalue weighted by atomic mass is 16.5. The minimum Gasteiger partial charge on any atom is -0.488 e. The summed E-state index contributed by atoms with van der Waals surface area (Å²) in [7, 11) is 0. The smallest absolute Gasteiger partial charge is 0.343 e. The lowest BCUT2D eigenvalue weighted by Gasteiger charge is -2.17. The molecule has 0 atom stereocenters. The number of rotatable bonds is 10. The van der Waals surface area contributed by atoms with Crippen molar-refractivity contribution in [3.63, 3.8) is 0 Å². The summed E-state index contributed by atoms with van der Waals surface area (Å²) in [6, 6.07) is 28.4. The van der Waals surface area contributed by atoms with Crippen molar-refractivity contribution < 1.29 is 19.4 Å². The minimum absolute atomic E-state index is 0.0211. The highest BCUT2D eigenvalue weighted by Crippen LogP contribution is 2.31. The summed E-state index contributed by atoms with van der Waals surface area (Å²) < 4.78 is 12.0. The van der Waals surface area contributed by atoms with Gasteiger partial charge < -0.3 is 19.9 Å². The molecule has 0 aliphatic heterocycles. The third-order valence-electron chi connectivity index (χ3n) is 6.30. The highest BCUT2D eigenvalue weighted by Gasteiger charge is 2.17. The molecule has 0 radical (unpaired) electrons. The zero-order chi connectivity index (χ0) is 26.9. The molecule has 0 unspecified atom stereocenters. The summed E-state index contributed by atoms with van der Waals surface area (Å²) in [5.41, 5.74) is 6.55. The lowest BCUT2D eigenvalue weighted by atomic mass is 9.96. The first kappa shape index (κ1) is 26.6. The van der Waals surface area contributed by atoms with Gasteiger partial charge in [-0.15, -0.1) is 0 Å². The van der Waals surface area contributed by atoms with E-state index in [2.05, 4.69) is 11.4 Å². The van der Waals surface area contributed by atoms with E-state index in [-0.39, 0.29) is 13.2 Å². The molecule has 0 saturated heterocycles. The number of aryl methyl sites for hydroxylation is 1. The van der Waals surface area contributed by atoms with E-state index in [1.54, 1.807) is 24.3 Å². The summed E-state index contributed by atoms with van der Waals surface area (Å²) in [5.74, 6) is 0.498. The van der Waals surface area contributed by atoms with Crippen molar-refractivity contribution in [1.82, 2.24) is 5.32 Å². The molecule has 0 amide bonds. The molecule has 0 aliphatic rings. The van der Waals surface area contributed by atoms with Gasteiger partial charge in [-0.1, -0.05) is 54.6 Å². The number of nitrogens with one attached hydrogen (secondary N) is 1. The van der Waals surface area contributed by atoms with Crippen LogP contribution in [0.2, 0.25) is 0 Å². The molecule has 0 aromatic heterocycles. The molecule has 0 aliphatic carbocycles. The number of carbonyl (C=O) groups is 1. The first-order chi connectivity index (χ1) is 18.5. The maximum atomic E-state index is 13.3. The molecule has 4 rings (SSSR count). The SMILES string of the molecule is Cc1cc(OC(=O)c2cccc(-c3ccccc3)c2C)cc(OCc2cccc(C#N)c2)c1CNCCO. The van der Waals surface area contributed by atoms with Gasteiger partial charge in [-0.25, -0.2) is 4.79 Å². The Morgan fingerprint density at radius 1 is 0.974 bits per heavy atom. The van der Waals surface area contributed by atoms with E-state index in [4.69, 9.17) is 9.47 Å². The standard InChI is InChI=1S/C32H30N2O4/c1-22-16-27(38-32(36)29-13-7-12-28(23(29)2)26-10-4-3-5-11-26)18-31(30(22)20-34-14-15-35)37-21-25-9-6-8-24(17-25)19-33/h3-13,16-18,34-35H,14-15,20-21H2,1-2H3. The maximum absolute atomic E-state index is 13.3. The Hall–Kier alpha value is -4.44. The summed E-state index contributed by atoms with van der Waals surface area (Å²) in [4.78, 5) is 13.3. The fourth-order valence-electron chi connectivity index (χ4n) is 4.30. The van der Waals surface area contributed by atoms with Crippen molar-refractivity contribution in [2.45, 2.75) is 27.0 Å². The third kappa shape index (κ3) is 6.46. The van der Waals surface area contributed by atoms with E-state index in [0.717, 1.165) is 33.4 Å². The lowest BCUT2D eigenvalue weighted by Crippen LogP contribution is -2.19. The average Bonchev–Trinajstić information content (AvgIpc) is 2.93. The number of hydrogen-bond donors (Lipinski definition) is 2. The van der Waals surface area contributed by atoms with E-state index in [1.165, 1.54) is 0 Å². The number of carbonyl (C=O) groups excluding carboxylic acids is 1. The monoisotopic (exact) mass is 506 g/mol. The van der Waals surface area contributed by atoms with Crippen LogP contribution in [0.1, 0.15) is 38.2 Å². The van der Waals surface area contributed by atoms with Crippen molar-refractivity contribution >= 4 is 5.97 Å². The van der Waals surface area contributed by atoms with Crippen LogP contribution in [-0.4, -0.2) is 24.2 Å². The van der Waals surface area contributed by atoms with Crippen molar-refractivity contribution in [1.29, 1.82) is 5.26 Å². The van der Waals surface area contributed by atoms with Crippen LogP contribution in [0.5, 0.6) is 11.5 Å². The molecule has 192 valence electrons. The summed E-state index contributed by atoms with van der Waals surface area (Å²) in [5, 5.41) is 21.6. The van der Waals surface area contributed by atoms with Crippen molar-refractivity contribution in [3.05, 3.63) is 118 Å². The predicted molar refractivity (Wildman–Crippen MR) is 147 cm³/mol. The Bertz CT molecular complexity index is 1460. The van der Waals surface area contributed by atoms with E-state index >= 15 is 0 Å². The van der Waals surface area contributed by atoms with Gasteiger partial charge in [-0.3, -0.25) is 0 Å². The quantitative estimate of drug-likeness (QED) is 0.162. The highest BCUT2D eigenvalue weighted by molar-refractivity contribution is 5.95. The maximum Gasteiger partial charge on any atom is 0.343 e. The Kier molecular flexibility index (Phi) is 8.89. The van der Waals surface area contributed by atoms with Crippen LogP contribution in [0, 0.1) is 25.2 Å². The van der Waals surface area contributed by atoms with Gasteiger partial charge in [-0.05, 0) is 65.9 Å². The average molecular weight is 507 g/mol. The number of aliphatic hydroxyl groups is 1. The molecule has 38 heavy (non-hydrogen) atoms. The van der Waals surface area contributed by atoms with Crippen LogP contribution in [0.15, 0.2) is 84.9 Å². The second kappa shape index (κ2) is 12.7. The number of esters is 1. The second-order valence-corrected chi connectivity index (χ2v) is 8.95. The molecular weight excluding hydrogens is 476 g/mol. The Balaban J connectivity index is 1.60. The van der Waals surface area contributed by atoms with Crippen LogP contribution in [-0.2, 0) is 13.2 Å². The van der Waals surface area contributed by atoms with Gasteiger partial charge in [0.1, 0.15) is 18.1 Å². The lowest BCUT2D eigenvalue weighted by molar-refractivity contribution is 0.0733. The van der Waals surface area contributed by atoms with Gasteiger partial charge >= 0.3 is 5.97 Å². The number of nitriles is 1. The fourth-order valence-corrected chi connectivity index (χ4v) is 4.30. The van der Waals surface area contributed by atoms with Crippen LogP contribution in [0.4, 0.5) is 0 Å². The summed E-state index contributed by atoms with van der Waals surface area (Å²) in [6.45, 7) is 5.04. The van der Waals surface area contributed by atoms with Gasteiger partial charge in [0.2, 0.25) is 0 Å². The molecule has 0 fully saturated rings. The molecule has 0 bridgehead atoms. The number of ether oxygens (including phenoxy) is 2. The Morgan fingerprint density at radius 2 is 1.76 bits per heavy atom. The van der Waals surface area contributed by atoms with Gasteiger partial charge in [0.05, 0.1) is 23.8 Å². The fraction of sp³-hybridized carbons (Fsp3) is 0.188. The molecular formula is C32H30N2O4. The van der Waals surface area contributed by atoms with E-state index in [0.29, 0.717) is 35.7 Å². The van der Waals surface area contributed by atoms with Gasteiger partial charge in [-0.2, -0.15) is 5.26 Å².